The minimum Gasteiger partial charge on any atom is -0.224 e. The lowest BCUT2D eigenvalue weighted by molar-refractivity contribution is 0.454. The molecule has 1 aromatic carbocycles. The Bertz CT molecular complexity index is 933. The molecule has 1 fully saturated rings. The Morgan fingerprint density at radius 2 is 2.08 bits per heavy atom. The zero-order valence-electron chi connectivity index (χ0n) is 12.8. The number of fused-ring (bicyclic) bond motifs is 1. The minimum atomic E-state index is -3.65. The van der Waals surface area contributed by atoms with E-state index >= 15 is 0 Å². The van der Waals surface area contributed by atoms with E-state index in [-0.39, 0.29) is 23.3 Å². The number of thiazole rings is 1. The molecule has 0 spiro atoms. The molecule has 2 heterocycles. The van der Waals surface area contributed by atoms with Gasteiger partial charge in [-0.3, -0.25) is 0 Å². The van der Waals surface area contributed by atoms with Crippen molar-refractivity contribution < 1.29 is 16.8 Å². The Hall–Kier alpha value is -1.33. The molecule has 0 aliphatic carbocycles. The highest BCUT2D eigenvalue weighted by Gasteiger charge is 2.34. The van der Waals surface area contributed by atoms with Crippen molar-refractivity contribution in [2.45, 2.75) is 10.8 Å². The first-order valence-electron chi connectivity index (χ1n) is 7.30. The lowest BCUT2D eigenvalue weighted by Gasteiger charge is -2.14. The van der Waals surface area contributed by atoms with Crippen LogP contribution in [0.3, 0.4) is 0 Å². The van der Waals surface area contributed by atoms with Crippen LogP contribution in [0.1, 0.15) is 6.42 Å². The van der Waals surface area contributed by atoms with Crippen molar-refractivity contribution >= 4 is 41.6 Å². The van der Waals surface area contributed by atoms with Crippen molar-refractivity contribution in [3.05, 3.63) is 36.3 Å². The number of benzene rings is 1. The molecule has 1 aromatic heterocycles. The summed E-state index contributed by atoms with van der Waals surface area (Å²) >= 11 is 1.15. The molecular weight excluding hydrogens is 370 g/mol. The largest absolute Gasteiger partial charge is 0.270 e. The first-order valence-corrected chi connectivity index (χ1v) is 11.1. The summed E-state index contributed by atoms with van der Waals surface area (Å²) < 4.78 is 52.9. The highest BCUT2D eigenvalue weighted by molar-refractivity contribution is 7.92. The van der Waals surface area contributed by atoms with Gasteiger partial charge in [-0.1, -0.05) is 18.7 Å². The molecule has 1 aliphatic rings. The van der Waals surface area contributed by atoms with Gasteiger partial charge in [0.15, 0.2) is 0 Å². The van der Waals surface area contributed by atoms with Gasteiger partial charge in [0.05, 0.1) is 10.2 Å². The van der Waals surface area contributed by atoms with E-state index in [4.69, 9.17) is 0 Å². The summed E-state index contributed by atoms with van der Waals surface area (Å²) in [5.74, 6) is -0.0659. The number of sulfonamides is 2. The first kappa shape index (κ1) is 17.5. The van der Waals surface area contributed by atoms with Crippen LogP contribution in [0.2, 0.25) is 0 Å². The molecule has 24 heavy (non-hydrogen) atoms. The van der Waals surface area contributed by atoms with E-state index < -0.39 is 20.0 Å². The van der Waals surface area contributed by atoms with E-state index in [0.29, 0.717) is 18.5 Å². The van der Waals surface area contributed by atoms with Gasteiger partial charge < -0.3 is 0 Å². The van der Waals surface area contributed by atoms with Crippen LogP contribution < -0.4 is 4.72 Å². The van der Waals surface area contributed by atoms with Crippen molar-refractivity contribution in [1.82, 2.24) is 14.0 Å². The van der Waals surface area contributed by atoms with Gasteiger partial charge in [0.25, 0.3) is 10.0 Å². The SMILES string of the molecule is C=CS(=O)(=O)NC[C@H]1CCN(S(=O)(=O)c2nc3ccccc3s2)C1. The Labute approximate surface area is 145 Å². The van der Waals surface area contributed by atoms with Crippen molar-refractivity contribution in [3.8, 4) is 0 Å². The Morgan fingerprint density at radius 3 is 2.79 bits per heavy atom. The van der Waals surface area contributed by atoms with Crippen LogP contribution in [0, 0.1) is 5.92 Å². The van der Waals surface area contributed by atoms with Gasteiger partial charge in [-0.15, -0.1) is 11.3 Å². The van der Waals surface area contributed by atoms with Crippen molar-refractivity contribution in [2.75, 3.05) is 19.6 Å². The molecule has 0 bridgehead atoms. The van der Waals surface area contributed by atoms with Crippen molar-refractivity contribution in [1.29, 1.82) is 0 Å². The second-order valence-electron chi connectivity index (χ2n) is 5.53. The fourth-order valence-corrected chi connectivity index (χ4v) is 6.02. The Balaban J connectivity index is 1.73. The third-order valence-corrected chi connectivity index (χ3v) is 8.14. The van der Waals surface area contributed by atoms with Gasteiger partial charge >= 0.3 is 0 Å². The average molecular weight is 388 g/mol. The van der Waals surface area contributed by atoms with E-state index in [9.17, 15) is 16.8 Å². The van der Waals surface area contributed by atoms with Crippen LogP contribution in [0.15, 0.2) is 40.6 Å². The quantitative estimate of drug-likeness (QED) is 0.807. The van der Waals surface area contributed by atoms with Crippen LogP contribution in [0.4, 0.5) is 0 Å². The monoisotopic (exact) mass is 387 g/mol. The van der Waals surface area contributed by atoms with Gasteiger partial charge in [0, 0.05) is 25.0 Å². The molecule has 0 radical (unpaired) electrons. The molecule has 1 N–H and O–H groups in total. The molecule has 1 saturated heterocycles. The van der Waals surface area contributed by atoms with Gasteiger partial charge in [0.1, 0.15) is 0 Å². The highest BCUT2D eigenvalue weighted by Crippen LogP contribution is 2.30. The van der Waals surface area contributed by atoms with Crippen LogP contribution in [-0.2, 0) is 20.0 Å². The molecule has 7 nitrogen and oxygen atoms in total. The molecule has 0 amide bonds. The molecule has 3 rings (SSSR count). The van der Waals surface area contributed by atoms with Gasteiger partial charge in [-0.25, -0.2) is 26.5 Å². The molecule has 130 valence electrons. The van der Waals surface area contributed by atoms with E-state index in [1.165, 1.54) is 4.31 Å². The second kappa shape index (κ2) is 6.52. The van der Waals surface area contributed by atoms with Gasteiger partial charge in [-0.05, 0) is 24.5 Å². The lowest BCUT2D eigenvalue weighted by atomic mass is 10.1. The first-order chi connectivity index (χ1) is 11.3. The Morgan fingerprint density at radius 1 is 1.33 bits per heavy atom. The molecule has 0 saturated carbocycles. The summed E-state index contributed by atoms with van der Waals surface area (Å²) in [4.78, 5) is 4.22. The maximum Gasteiger partial charge on any atom is 0.270 e. The zero-order valence-corrected chi connectivity index (χ0v) is 15.2. The molecule has 1 atom stereocenters. The third kappa shape index (κ3) is 3.52. The second-order valence-corrected chi connectivity index (χ2v) is 10.4. The molecule has 10 heteroatoms. The maximum absolute atomic E-state index is 12.7. The number of hydrogen-bond donors (Lipinski definition) is 1. The van der Waals surface area contributed by atoms with Crippen molar-refractivity contribution in [3.63, 3.8) is 0 Å². The van der Waals surface area contributed by atoms with Crippen molar-refractivity contribution in [2.24, 2.45) is 5.92 Å². The number of nitrogens with zero attached hydrogens (tertiary/aromatic N) is 2. The Kier molecular flexibility index (Phi) is 4.76. The fraction of sp³-hybridized carbons (Fsp3) is 0.357. The number of rotatable bonds is 6. The van der Waals surface area contributed by atoms with Crippen LogP contribution in [0.25, 0.3) is 10.2 Å². The maximum atomic E-state index is 12.7. The molecule has 0 unspecified atom stereocenters. The smallest absolute Gasteiger partial charge is 0.224 e. The summed E-state index contributed by atoms with van der Waals surface area (Å²) in [6.45, 7) is 4.06. The predicted octanol–water partition coefficient (Wildman–Crippen LogP) is 1.37. The number of nitrogens with one attached hydrogen (secondary N) is 1. The summed E-state index contributed by atoms with van der Waals surface area (Å²) in [6, 6.07) is 7.27. The summed E-state index contributed by atoms with van der Waals surface area (Å²) in [5.41, 5.74) is 0.663. The van der Waals surface area contributed by atoms with E-state index in [2.05, 4.69) is 16.3 Å². The van der Waals surface area contributed by atoms with Crippen LogP contribution >= 0.6 is 11.3 Å². The average Bonchev–Trinajstić information content (AvgIpc) is 3.20. The van der Waals surface area contributed by atoms with E-state index in [0.717, 1.165) is 21.4 Å². The van der Waals surface area contributed by atoms with Gasteiger partial charge in [-0.2, -0.15) is 4.31 Å². The van der Waals surface area contributed by atoms with Gasteiger partial charge in [0.2, 0.25) is 14.4 Å². The summed E-state index contributed by atoms with van der Waals surface area (Å²) in [6.07, 6.45) is 0.601. The minimum absolute atomic E-state index is 0.0659. The number of hydrogen-bond acceptors (Lipinski definition) is 6. The molecular formula is C14H17N3O4S3. The summed E-state index contributed by atoms with van der Waals surface area (Å²) in [5, 5.41) is 0.845. The van der Waals surface area contributed by atoms with E-state index in [1.54, 1.807) is 6.07 Å². The fourth-order valence-electron chi connectivity index (χ4n) is 2.55. The number of para-hydroxylation sites is 1. The highest BCUT2D eigenvalue weighted by atomic mass is 32.2. The van der Waals surface area contributed by atoms with Crippen LogP contribution in [-0.4, -0.2) is 45.8 Å². The summed E-state index contributed by atoms with van der Waals surface area (Å²) in [7, 11) is -7.14. The standard InChI is InChI=1S/C14H17N3O4S3/c1-2-23(18,19)15-9-11-7-8-17(10-11)24(20,21)14-16-12-5-3-4-6-13(12)22-14/h2-6,11,15H,1,7-10H2/t11-/m1/s1. The number of aromatic nitrogens is 1. The third-order valence-electron chi connectivity index (χ3n) is 3.88. The van der Waals surface area contributed by atoms with E-state index in [1.807, 2.05) is 18.2 Å². The molecule has 2 aromatic rings. The molecule has 1 aliphatic heterocycles. The topological polar surface area (TPSA) is 96.4 Å². The van der Waals surface area contributed by atoms with Crippen LogP contribution in [0.5, 0.6) is 0 Å². The predicted molar refractivity (Wildman–Crippen MR) is 93.6 cm³/mol. The lowest BCUT2D eigenvalue weighted by Crippen LogP contribution is -2.32. The normalized spacial score (nSPS) is 19.8. The zero-order chi connectivity index (χ0) is 17.4.